The third-order valence-electron chi connectivity index (χ3n) is 2.39. The highest BCUT2D eigenvalue weighted by Gasteiger charge is 2.36. The molecule has 1 atom stereocenters. The molecule has 0 bridgehead atoms. The number of rotatable bonds is 4. The second kappa shape index (κ2) is 4.23. The lowest BCUT2D eigenvalue weighted by Crippen LogP contribution is -2.56. The second-order valence-corrected chi connectivity index (χ2v) is 5.56. The molecule has 1 aromatic carbocycles. The van der Waals surface area contributed by atoms with Crippen molar-refractivity contribution < 1.29 is 13.2 Å². The van der Waals surface area contributed by atoms with Gasteiger partial charge in [0, 0.05) is 6.54 Å². The Hall–Kier alpha value is -1.40. The zero-order valence-electron chi connectivity index (χ0n) is 8.51. The summed E-state index contributed by atoms with van der Waals surface area (Å²) < 4.78 is 25.7. The van der Waals surface area contributed by atoms with E-state index in [-0.39, 0.29) is 18.9 Å². The standard InChI is InChI=1S/C10H12N2O3S/c13-9-6-10(12-9)16(14,15)11-7-8-4-2-1-3-5-8/h1-5,10-11H,6-7H2,(H,12,13). The van der Waals surface area contributed by atoms with Crippen molar-refractivity contribution in [3.05, 3.63) is 35.9 Å². The van der Waals surface area contributed by atoms with Gasteiger partial charge < -0.3 is 5.32 Å². The van der Waals surface area contributed by atoms with Crippen molar-refractivity contribution >= 4 is 15.9 Å². The van der Waals surface area contributed by atoms with Crippen LogP contribution >= 0.6 is 0 Å². The van der Waals surface area contributed by atoms with Crippen molar-refractivity contribution in [3.8, 4) is 0 Å². The van der Waals surface area contributed by atoms with E-state index in [2.05, 4.69) is 10.0 Å². The predicted octanol–water partition coefficient (Wildman–Crippen LogP) is -0.0480. The van der Waals surface area contributed by atoms with E-state index in [1.54, 1.807) is 0 Å². The molecule has 1 unspecified atom stereocenters. The molecule has 0 aromatic heterocycles. The predicted molar refractivity (Wildman–Crippen MR) is 58.7 cm³/mol. The first kappa shape index (κ1) is 11.1. The Morgan fingerprint density at radius 2 is 1.94 bits per heavy atom. The minimum atomic E-state index is -3.44. The Morgan fingerprint density at radius 3 is 2.50 bits per heavy atom. The van der Waals surface area contributed by atoms with Crippen LogP contribution in [0.1, 0.15) is 12.0 Å². The molecular weight excluding hydrogens is 228 g/mol. The molecule has 0 aliphatic carbocycles. The zero-order valence-corrected chi connectivity index (χ0v) is 9.33. The normalized spacial score (nSPS) is 20.0. The molecule has 1 saturated heterocycles. The molecule has 1 aliphatic rings. The van der Waals surface area contributed by atoms with Crippen molar-refractivity contribution in [1.29, 1.82) is 0 Å². The summed E-state index contributed by atoms with van der Waals surface area (Å²) in [4.78, 5) is 10.6. The van der Waals surface area contributed by atoms with Gasteiger partial charge in [0.2, 0.25) is 15.9 Å². The third-order valence-corrected chi connectivity index (χ3v) is 3.97. The molecule has 2 N–H and O–H groups in total. The van der Waals surface area contributed by atoms with Crippen molar-refractivity contribution in [2.24, 2.45) is 0 Å². The molecule has 5 nitrogen and oxygen atoms in total. The number of carbonyl (C=O) groups excluding carboxylic acids is 1. The van der Waals surface area contributed by atoms with E-state index in [9.17, 15) is 13.2 Å². The molecule has 2 rings (SSSR count). The number of benzene rings is 1. The van der Waals surface area contributed by atoms with Crippen LogP contribution in [0.5, 0.6) is 0 Å². The number of hydrogen-bond acceptors (Lipinski definition) is 3. The summed E-state index contributed by atoms with van der Waals surface area (Å²) in [5.41, 5.74) is 0.886. The Labute approximate surface area is 93.9 Å². The van der Waals surface area contributed by atoms with Crippen molar-refractivity contribution in [2.45, 2.75) is 18.3 Å². The van der Waals surface area contributed by atoms with Crippen molar-refractivity contribution in [1.82, 2.24) is 10.0 Å². The Kier molecular flexibility index (Phi) is 2.93. The van der Waals surface area contributed by atoms with Crippen LogP contribution in [0.15, 0.2) is 30.3 Å². The lowest BCUT2D eigenvalue weighted by atomic mass is 10.2. The minimum Gasteiger partial charge on any atom is -0.338 e. The van der Waals surface area contributed by atoms with Gasteiger partial charge in [-0.3, -0.25) is 4.79 Å². The van der Waals surface area contributed by atoms with E-state index in [0.29, 0.717) is 0 Å². The van der Waals surface area contributed by atoms with E-state index in [1.165, 1.54) is 0 Å². The fourth-order valence-corrected chi connectivity index (χ4v) is 2.62. The van der Waals surface area contributed by atoms with Crippen LogP contribution in [0.2, 0.25) is 0 Å². The van der Waals surface area contributed by atoms with Crippen LogP contribution in [-0.2, 0) is 21.4 Å². The Bertz CT molecular complexity index is 476. The molecule has 16 heavy (non-hydrogen) atoms. The summed E-state index contributed by atoms with van der Waals surface area (Å²) in [6.45, 7) is 0.246. The van der Waals surface area contributed by atoms with Crippen LogP contribution < -0.4 is 10.0 Å². The lowest BCUT2D eigenvalue weighted by molar-refractivity contribution is -0.126. The first-order valence-electron chi connectivity index (χ1n) is 4.90. The molecule has 1 amide bonds. The van der Waals surface area contributed by atoms with Gasteiger partial charge in [-0.05, 0) is 5.56 Å². The molecular formula is C10H12N2O3S. The maximum Gasteiger partial charge on any atom is 0.233 e. The number of carbonyl (C=O) groups is 1. The van der Waals surface area contributed by atoms with Gasteiger partial charge in [0.1, 0.15) is 0 Å². The van der Waals surface area contributed by atoms with Gasteiger partial charge in [-0.25, -0.2) is 13.1 Å². The fourth-order valence-electron chi connectivity index (χ4n) is 1.39. The number of amides is 1. The van der Waals surface area contributed by atoms with Crippen molar-refractivity contribution in [3.63, 3.8) is 0 Å². The van der Waals surface area contributed by atoms with Gasteiger partial charge in [-0.15, -0.1) is 0 Å². The van der Waals surface area contributed by atoms with E-state index < -0.39 is 15.4 Å². The largest absolute Gasteiger partial charge is 0.338 e. The molecule has 0 saturated carbocycles. The first-order chi connectivity index (χ1) is 7.58. The van der Waals surface area contributed by atoms with Gasteiger partial charge in [-0.1, -0.05) is 30.3 Å². The SMILES string of the molecule is O=C1CC(S(=O)(=O)NCc2ccccc2)N1. The van der Waals surface area contributed by atoms with Crippen LogP contribution in [-0.4, -0.2) is 19.7 Å². The zero-order chi connectivity index (χ0) is 11.6. The van der Waals surface area contributed by atoms with Gasteiger partial charge in [0.05, 0.1) is 6.42 Å². The summed E-state index contributed by atoms with van der Waals surface area (Å²) in [6, 6.07) is 9.22. The smallest absolute Gasteiger partial charge is 0.233 e. The monoisotopic (exact) mass is 240 g/mol. The molecule has 1 heterocycles. The number of nitrogens with one attached hydrogen (secondary N) is 2. The van der Waals surface area contributed by atoms with E-state index in [4.69, 9.17) is 0 Å². The molecule has 86 valence electrons. The summed E-state index contributed by atoms with van der Waals surface area (Å²) in [5.74, 6) is -0.227. The number of sulfonamides is 1. The fraction of sp³-hybridized carbons (Fsp3) is 0.300. The van der Waals surface area contributed by atoms with Crippen LogP contribution in [0.25, 0.3) is 0 Å². The maximum absolute atomic E-state index is 11.6. The molecule has 0 spiro atoms. The summed E-state index contributed by atoms with van der Waals surface area (Å²) in [7, 11) is -3.44. The highest BCUT2D eigenvalue weighted by atomic mass is 32.2. The maximum atomic E-state index is 11.6. The molecule has 1 aliphatic heterocycles. The van der Waals surface area contributed by atoms with Crippen LogP contribution in [0.3, 0.4) is 0 Å². The Morgan fingerprint density at radius 1 is 1.31 bits per heavy atom. The minimum absolute atomic E-state index is 0.0458. The Balaban J connectivity index is 1.93. The number of β-lactam (4-membered cyclic amide) rings is 1. The molecule has 1 fully saturated rings. The van der Waals surface area contributed by atoms with E-state index >= 15 is 0 Å². The topological polar surface area (TPSA) is 75.3 Å². The van der Waals surface area contributed by atoms with E-state index in [1.807, 2.05) is 30.3 Å². The van der Waals surface area contributed by atoms with Gasteiger partial charge in [-0.2, -0.15) is 0 Å². The summed E-state index contributed by atoms with van der Waals surface area (Å²) >= 11 is 0. The molecule has 0 radical (unpaired) electrons. The lowest BCUT2D eigenvalue weighted by Gasteiger charge is -2.26. The average Bonchev–Trinajstić information content (AvgIpc) is 2.24. The first-order valence-corrected chi connectivity index (χ1v) is 6.44. The van der Waals surface area contributed by atoms with E-state index in [0.717, 1.165) is 5.56 Å². The van der Waals surface area contributed by atoms with Crippen LogP contribution in [0, 0.1) is 0 Å². The molecule has 1 aromatic rings. The van der Waals surface area contributed by atoms with Gasteiger partial charge in [0.25, 0.3) is 0 Å². The van der Waals surface area contributed by atoms with Crippen molar-refractivity contribution in [2.75, 3.05) is 0 Å². The number of hydrogen-bond donors (Lipinski definition) is 2. The van der Waals surface area contributed by atoms with Gasteiger partial charge in [0.15, 0.2) is 5.37 Å². The third kappa shape index (κ3) is 2.40. The highest BCUT2D eigenvalue weighted by Crippen LogP contribution is 2.11. The summed E-state index contributed by atoms with van der Waals surface area (Å²) in [5, 5.41) is 1.56. The van der Waals surface area contributed by atoms with Crippen LogP contribution in [0.4, 0.5) is 0 Å². The quantitative estimate of drug-likeness (QED) is 0.725. The van der Waals surface area contributed by atoms with Gasteiger partial charge >= 0.3 is 0 Å². The highest BCUT2D eigenvalue weighted by molar-refractivity contribution is 7.90. The second-order valence-electron chi connectivity index (χ2n) is 3.61. The molecule has 6 heteroatoms. The summed E-state index contributed by atoms with van der Waals surface area (Å²) in [6.07, 6.45) is 0.0458. The average molecular weight is 240 g/mol.